The summed E-state index contributed by atoms with van der Waals surface area (Å²) in [5.74, 6) is 0.625. The molecule has 92 valence electrons. The summed E-state index contributed by atoms with van der Waals surface area (Å²) in [6.45, 7) is 2.50. The molecule has 0 atom stereocenters. The predicted octanol–water partition coefficient (Wildman–Crippen LogP) is 2.38. The average molecular weight is 299 g/mol. The molecule has 0 unspecified atom stereocenters. The number of carbonyl (C=O) groups is 1. The van der Waals surface area contributed by atoms with E-state index in [4.69, 9.17) is 4.74 Å². The van der Waals surface area contributed by atoms with Gasteiger partial charge in [-0.2, -0.15) is 0 Å². The molecule has 0 aromatic carbocycles. The van der Waals surface area contributed by atoms with Crippen molar-refractivity contribution < 1.29 is 9.53 Å². The van der Waals surface area contributed by atoms with Gasteiger partial charge in [0.25, 0.3) is 0 Å². The van der Waals surface area contributed by atoms with Crippen LogP contribution >= 0.6 is 15.9 Å². The topological polar surface area (TPSA) is 42.4 Å². The fourth-order valence-corrected chi connectivity index (χ4v) is 2.18. The van der Waals surface area contributed by atoms with Crippen LogP contribution in [0.5, 0.6) is 0 Å². The summed E-state index contributed by atoms with van der Waals surface area (Å²) in [4.78, 5) is 17.9. The van der Waals surface area contributed by atoms with E-state index in [1.54, 1.807) is 6.20 Å². The SMILES string of the molecule is CCOC(=O)CN(c1ncccc1Br)C1CC1. The Bertz CT molecular complexity index is 407. The number of hydrogen-bond acceptors (Lipinski definition) is 4. The van der Waals surface area contributed by atoms with Crippen LogP contribution in [0.3, 0.4) is 0 Å². The lowest BCUT2D eigenvalue weighted by atomic mass is 10.4. The zero-order valence-corrected chi connectivity index (χ0v) is 11.3. The van der Waals surface area contributed by atoms with E-state index in [1.165, 1.54) is 0 Å². The molecule has 1 aliphatic rings. The smallest absolute Gasteiger partial charge is 0.325 e. The number of nitrogens with zero attached hydrogens (tertiary/aromatic N) is 2. The number of rotatable bonds is 5. The van der Waals surface area contributed by atoms with Gasteiger partial charge in [-0.15, -0.1) is 0 Å². The van der Waals surface area contributed by atoms with E-state index in [0.717, 1.165) is 23.1 Å². The zero-order valence-electron chi connectivity index (χ0n) is 9.73. The van der Waals surface area contributed by atoms with E-state index in [0.29, 0.717) is 12.6 Å². The Labute approximate surface area is 109 Å². The third-order valence-corrected chi connectivity index (χ3v) is 3.22. The highest BCUT2D eigenvalue weighted by Gasteiger charge is 2.32. The molecule has 1 heterocycles. The fourth-order valence-electron chi connectivity index (χ4n) is 1.70. The lowest BCUT2D eigenvalue weighted by Gasteiger charge is -2.23. The highest BCUT2D eigenvalue weighted by Crippen LogP contribution is 2.33. The summed E-state index contributed by atoms with van der Waals surface area (Å²) in [7, 11) is 0. The monoisotopic (exact) mass is 298 g/mol. The van der Waals surface area contributed by atoms with Gasteiger partial charge in [-0.3, -0.25) is 4.79 Å². The highest BCUT2D eigenvalue weighted by molar-refractivity contribution is 9.10. The van der Waals surface area contributed by atoms with Gasteiger partial charge in [0.1, 0.15) is 12.4 Å². The molecule has 0 amide bonds. The van der Waals surface area contributed by atoms with E-state index in [-0.39, 0.29) is 12.5 Å². The number of anilines is 1. The van der Waals surface area contributed by atoms with Crippen LogP contribution in [-0.4, -0.2) is 30.1 Å². The second-order valence-corrected chi connectivity index (χ2v) is 4.83. The molecular weight excluding hydrogens is 284 g/mol. The minimum Gasteiger partial charge on any atom is -0.465 e. The first-order chi connectivity index (χ1) is 8.22. The Morgan fingerprint density at radius 3 is 3.00 bits per heavy atom. The van der Waals surface area contributed by atoms with Crippen molar-refractivity contribution in [3.05, 3.63) is 22.8 Å². The quantitative estimate of drug-likeness (QED) is 0.783. The Balaban J connectivity index is 2.12. The molecular formula is C12H15BrN2O2. The van der Waals surface area contributed by atoms with Gasteiger partial charge in [0.15, 0.2) is 0 Å². The van der Waals surface area contributed by atoms with Crippen LogP contribution in [0.1, 0.15) is 19.8 Å². The van der Waals surface area contributed by atoms with Crippen LogP contribution in [0.25, 0.3) is 0 Å². The second kappa shape index (κ2) is 5.49. The summed E-state index contributed by atoms with van der Waals surface area (Å²) < 4.78 is 5.90. The van der Waals surface area contributed by atoms with Crippen molar-refractivity contribution in [3.63, 3.8) is 0 Å². The lowest BCUT2D eigenvalue weighted by molar-refractivity contribution is -0.141. The molecule has 2 rings (SSSR count). The number of hydrogen-bond donors (Lipinski definition) is 0. The van der Waals surface area contributed by atoms with Gasteiger partial charge in [0.2, 0.25) is 0 Å². The van der Waals surface area contributed by atoms with Crippen LogP contribution in [0.2, 0.25) is 0 Å². The first-order valence-electron chi connectivity index (χ1n) is 5.75. The molecule has 0 N–H and O–H groups in total. The number of carbonyl (C=O) groups excluding carboxylic acids is 1. The van der Waals surface area contributed by atoms with E-state index < -0.39 is 0 Å². The van der Waals surface area contributed by atoms with Crippen molar-refractivity contribution in [1.29, 1.82) is 0 Å². The Morgan fingerprint density at radius 2 is 2.41 bits per heavy atom. The average Bonchev–Trinajstić information content (AvgIpc) is 3.11. The predicted molar refractivity (Wildman–Crippen MR) is 68.9 cm³/mol. The van der Waals surface area contributed by atoms with Gasteiger partial charge in [0.05, 0.1) is 11.1 Å². The molecule has 0 radical (unpaired) electrons. The maximum Gasteiger partial charge on any atom is 0.325 e. The lowest BCUT2D eigenvalue weighted by Crippen LogP contribution is -2.33. The molecule has 1 aliphatic carbocycles. The molecule has 0 spiro atoms. The molecule has 17 heavy (non-hydrogen) atoms. The van der Waals surface area contributed by atoms with Crippen LogP contribution in [0, 0.1) is 0 Å². The van der Waals surface area contributed by atoms with Crippen LogP contribution in [-0.2, 0) is 9.53 Å². The maximum atomic E-state index is 11.6. The van der Waals surface area contributed by atoms with Crippen LogP contribution in [0.15, 0.2) is 22.8 Å². The molecule has 1 aromatic rings. The molecule has 1 fully saturated rings. The molecule has 0 aliphatic heterocycles. The fraction of sp³-hybridized carbons (Fsp3) is 0.500. The standard InChI is InChI=1S/C12H15BrN2O2/c1-2-17-11(16)8-15(9-5-6-9)12-10(13)4-3-7-14-12/h3-4,7,9H,2,5-6,8H2,1H3. The number of halogens is 1. The molecule has 0 bridgehead atoms. The highest BCUT2D eigenvalue weighted by atomic mass is 79.9. The molecule has 0 saturated heterocycles. The molecule has 5 heteroatoms. The zero-order chi connectivity index (χ0) is 12.3. The summed E-state index contributed by atoms with van der Waals surface area (Å²) in [6, 6.07) is 4.22. The largest absolute Gasteiger partial charge is 0.465 e. The van der Waals surface area contributed by atoms with E-state index in [1.807, 2.05) is 24.0 Å². The van der Waals surface area contributed by atoms with Crippen molar-refractivity contribution in [2.24, 2.45) is 0 Å². The van der Waals surface area contributed by atoms with Crippen molar-refractivity contribution >= 4 is 27.7 Å². The van der Waals surface area contributed by atoms with E-state index in [9.17, 15) is 4.79 Å². The van der Waals surface area contributed by atoms with Crippen molar-refractivity contribution in [3.8, 4) is 0 Å². The minimum absolute atomic E-state index is 0.197. The normalized spacial score (nSPS) is 14.5. The number of pyridine rings is 1. The number of aromatic nitrogens is 1. The van der Waals surface area contributed by atoms with Crippen molar-refractivity contribution in [2.45, 2.75) is 25.8 Å². The Hall–Kier alpha value is -1.10. The summed E-state index contributed by atoms with van der Waals surface area (Å²) in [5.41, 5.74) is 0. The Morgan fingerprint density at radius 1 is 1.65 bits per heavy atom. The molecule has 4 nitrogen and oxygen atoms in total. The second-order valence-electron chi connectivity index (χ2n) is 3.97. The first-order valence-corrected chi connectivity index (χ1v) is 6.54. The minimum atomic E-state index is -0.197. The van der Waals surface area contributed by atoms with E-state index >= 15 is 0 Å². The van der Waals surface area contributed by atoms with Gasteiger partial charge in [-0.05, 0) is 47.8 Å². The van der Waals surface area contributed by atoms with E-state index in [2.05, 4.69) is 20.9 Å². The number of esters is 1. The van der Waals surface area contributed by atoms with Gasteiger partial charge >= 0.3 is 5.97 Å². The van der Waals surface area contributed by atoms with Crippen molar-refractivity contribution in [1.82, 2.24) is 4.98 Å². The van der Waals surface area contributed by atoms with Crippen molar-refractivity contribution in [2.75, 3.05) is 18.1 Å². The third-order valence-electron chi connectivity index (χ3n) is 2.60. The maximum absolute atomic E-state index is 11.6. The van der Waals surface area contributed by atoms with Gasteiger partial charge < -0.3 is 9.64 Å². The third kappa shape index (κ3) is 3.19. The summed E-state index contributed by atoms with van der Waals surface area (Å²) in [5, 5.41) is 0. The summed E-state index contributed by atoms with van der Waals surface area (Å²) >= 11 is 3.47. The van der Waals surface area contributed by atoms with Gasteiger partial charge in [-0.1, -0.05) is 0 Å². The summed E-state index contributed by atoms with van der Waals surface area (Å²) in [6.07, 6.45) is 3.96. The Kier molecular flexibility index (Phi) is 3.99. The molecule has 1 saturated carbocycles. The van der Waals surface area contributed by atoms with Gasteiger partial charge in [-0.25, -0.2) is 4.98 Å². The first kappa shape index (κ1) is 12.4. The van der Waals surface area contributed by atoms with Gasteiger partial charge in [0, 0.05) is 12.2 Å². The molecule has 1 aromatic heterocycles. The number of ether oxygens (including phenoxy) is 1. The van der Waals surface area contributed by atoms with Crippen LogP contribution in [0.4, 0.5) is 5.82 Å². The van der Waals surface area contributed by atoms with Crippen LogP contribution < -0.4 is 4.90 Å².